The van der Waals surface area contributed by atoms with Gasteiger partial charge in [-0.25, -0.2) is 14.8 Å². The molecule has 6 N–H and O–H groups in total. The average molecular weight is 266 g/mol. The molecule has 2 unspecified atom stereocenters. The predicted octanol–water partition coefficient (Wildman–Crippen LogP) is -1.05. The number of primary amides is 1. The Morgan fingerprint density at radius 2 is 2.32 bits per heavy atom. The van der Waals surface area contributed by atoms with Gasteiger partial charge < -0.3 is 26.8 Å². The van der Waals surface area contributed by atoms with Crippen molar-refractivity contribution in [1.29, 1.82) is 0 Å². The summed E-state index contributed by atoms with van der Waals surface area (Å²) in [5, 5.41) is 0. The van der Waals surface area contributed by atoms with Crippen molar-refractivity contribution in [1.82, 2.24) is 4.90 Å². The molecular formula is C11H18N6O2. The highest BCUT2D eigenvalue weighted by Gasteiger charge is 2.56. The molecule has 104 valence electrons. The van der Waals surface area contributed by atoms with Gasteiger partial charge in [-0.2, -0.15) is 0 Å². The summed E-state index contributed by atoms with van der Waals surface area (Å²) < 4.78 is 4.88. The Balaban J connectivity index is 1.91. The fourth-order valence-corrected chi connectivity index (χ4v) is 3.50. The Labute approximate surface area is 110 Å². The fourth-order valence-electron chi connectivity index (χ4n) is 3.50. The standard InChI is InChI=1S/C11H18N6O2/c12-8-4-6-7(5-19-10(14)18)15-9(13)17-3-1-2-11(6,17)16-8/h6-7H,1-5H2,(H2,12,16)(H2,13,15)(H2,14,18)/t6-,7?,11?/m0/s1. The Hall–Kier alpha value is -1.99. The zero-order valence-corrected chi connectivity index (χ0v) is 10.6. The second-order valence-corrected chi connectivity index (χ2v) is 5.23. The molecule has 1 amide bonds. The lowest BCUT2D eigenvalue weighted by atomic mass is 9.83. The van der Waals surface area contributed by atoms with E-state index in [0.29, 0.717) is 18.2 Å². The first kappa shape index (κ1) is 12.1. The summed E-state index contributed by atoms with van der Waals surface area (Å²) in [6.45, 7) is 0.963. The highest BCUT2D eigenvalue weighted by molar-refractivity contribution is 5.87. The molecule has 0 aliphatic carbocycles. The van der Waals surface area contributed by atoms with E-state index in [0.717, 1.165) is 19.4 Å². The molecule has 3 heterocycles. The molecular weight excluding hydrogens is 248 g/mol. The molecule has 1 spiro atoms. The summed E-state index contributed by atoms with van der Waals surface area (Å²) in [5.74, 6) is 1.16. The van der Waals surface area contributed by atoms with Gasteiger partial charge >= 0.3 is 6.09 Å². The number of hydrogen-bond acceptors (Lipinski definition) is 7. The van der Waals surface area contributed by atoms with E-state index in [1.165, 1.54) is 0 Å². The number of ether oxygens (including phenoxy) is 1. The summed E-state index contributed by atoms with van der Waals surface area (Å²) in [6, 6.07) is -0.230. The fraction of sp³-hybridized carbons (Fsp3) is 0.727. The first-order valence-electron chi connectivity index (χ1n) is 6.40. The predicted molar refractivity (Wildman–Crippen MR) is 69.3 cm³/mol. The second-order valence-electron chi connectivity index (χ2n) is 5.23. The van der Waals surface area contributed by atoms with Crippen LogP contribution < -0.4 is 17.2 Å². The number of carbonyl (C=O) groups is 1. The lowest BCUT2D eigenvalue weighted by Gasteiger charge is -2.44. The van der Waals surface area contributed by atoms with Gasteiger partial charge in [0.05, 0.1) is 11.9 Å². The van der Waals surface area contributed by atoms with Crippen LogP contribution in [0.4, 0.5) is 4.79 Å². The van der Waals surface area contributed by atoms with Crippen molar-refractivity contribution in [3.63, 3.8) is 0 Å². The lowest BCUT2D eigenvalue weighted by Crippen LogP contribution is -2.59. The minimum atomic E-state index is -0.802. The van der Waals surface area contributed by atoms with Crippen LogP contribution in [0.3, 0.4) is 0 Å². The molecule has 3 rings (SSSR count). The summed E-state index contributed by atoms with van der Waals surface area (Å²) in [6.07, 6.45) is 1.76. The maximum atomic E-state index is 10.8. The van der Waals surface area contributed by atoms with Gasteiger partial charge in [0, 0.05) is 18.9 Å². The molecule has 1 saturated heterocycles. The van der Waals surface area contributed by atoms with Crippen molar-refractivity contribution in [3.05, 3.63) is 0 Å². The van der Waals surface area contributed by atoms with Crippen molar-refractivity contribution in [2.45, 2.75) is 31.0 Å². The number of guanidine groups is 1. The normalized spacial score (nSPS) is 36.3. The smallest absolute Gasteiger partial charge is 0.404 e. The molecule has 3 aliphatic rings. The summed E-state index contributed by atoms with van der Waals surface area (Å²) in [7, 11) is 0. The SMILES string of the molecule is NC(=O)OCC1N=C(N)N2CCCC23N=C(N)C[C@@H]13. The number of nitrogens with two attached hydrogens (primary N) is 3. The third kappa shape index (κ3) is 1.70. The number of hydrogen-bond donors (Lipinski definition) is 3. The van der Waals surface area contributed by atoms with E-state index in [-0.39, 0.29) is 24.2 Å². The number of nitrogens with zero attached hydrogens (tertiary/aromatic N) is 3. The minimum Gasteiger partial charge on any atom is -0.447 e. The van der Waals surface area contributed by atoms with Crippen LogP contribution in [-0.4, -0.2) is 47.6 Å². The lowest BCUT2D eigenvalue weighted by molar-refractivity contribution is 0.0831. The molecule has 0 radical (unpaired) electrons. The Morgan fingerprint density at radius 3 is 3.05 bits per heavy atom. The van der Waals surface area contributed by atoms with Gasteiger partial charge in [-0.3, -0.25) is 0 Å². The van der Waals surface area contributed by atoms with Gasteiger partial charge in [-0.15, -0.1) is 0 Å². The van der Waals surface area contributed by atoms with Crippen LogP contribution in [-0.2, 0) is 4.74 Å². The molecule has 0 aromatic heterocycles. The van der Waals surface area contributed by atoms with Gasteiger partial charge in [0.2, 0.25) is 0 Å². The third-order valence-corrected chi connectivity index (χ3v) is 4.19. The third-order valence-electron chi connectivity index (χ3n) is 4.19. The van der Waals surface area contributed by atoms with Crippen LogP contribution >= 0.6 is 0 Å². The summed E-state index contributed by atoms with van der Waals surface area (Å²) >= 11 is 0. The molecule has 3 atom stereocenters. The maximum Gasteiger partial charge on any atom is 0.404 e. The van der Waals surface area contributed by atoms with Gasteiger partial charge in [-0.05, 0) is 12.8 Å². The topological polar surface area (TPSA) is 132 Å². The van der Waals surface area contributed by atoms with Crippen LogP contribution in [0, 0.1) is 5.92 Å². The van der Waals surface area contributed by atoms with Crippen molar-refractivity contribution in [2.24, 2.45) is 33.1 Å². The van der Waals surface area contributed by atoms with Crippen LogP contribution in [0.2, 0.25) is 0 Å². The van der Waals surface area contributed by atoms with Crippen LogP contribution in [0.15, 0.2) is 9.98 Å². The molecule has 8 heteroatoms. The van der Waals surface area contributed by atoms with Crippen molar-refractivity contribution < 1.29 is 9.53 Å². The molecule has 0 bridgehead atoms. The van der Waals surface area contributed by atoms with Crippen molar-refractivity contribution in [2.75, 3.05) is 13.2 Å². The first-order chi connectivity index (χ1) is 9.03. The van der Waals surface area contributed by atoms with E-state index in [4.69, 9.17) is 21.9 Å². The molecule has 1 fully saturated rings. The number of rotatable bonds is 2. The van der Waals surface area contributed by atoms with Crippen molar-refractivity contribution in [3.8, 4) is 0 Å². The van der Waals surface area contributed by atoms with Gasteiger partial charge in [0.15, 0.2) is 5.96 Å². The zero-order chi connectivity index (χ0) is 13.6. The molecule has 3 aliphatic heterocycles. The monoisotopic (exact) mass is 266 g/mol. The highest BCUT2D eigenvalue weighted by Crippen LogP contribution is 2.47. The van der Waals surface area contributed by atoms with Crippen LogP contribution in [0.25, 0.3) is 0 Å². The summed E-state index contributed by atoms with van der Waals surface area (Å²) in [5.41, 5.74) is 16.5. The van der Waals surface area contributed by atoms with Gasteiger partial charge in [-0.1, -0.05) is 0 Å². The van der Waals surface area contributed by atoms with Gasteiger partial charge in [0.25, 0.3) is 0 Å². The Bertz CT molecular complexity index is 476. The average Bonchev–Trinajstić information content (AvgIpc) is 2.89. The summed E-state index contributed by atoms with van der Waals surface area (Å²) in [4.78, 5) is 21.8. The number of amidine groups is 1. The molecule has 8 nitrogen and oxygen atoms in total. The zero-order valence-electron chi connectivity index (χ0n) is 10.6. The minimum absolute atomic E-state index is 0.0987. The van der Waals surface area contributed by atoms with Crippen LogP contribution in [0.5, 0.6) is 0 Å². The largest absolute Gasteiger partial charge is 0.447 e. The van der Waals surface area contributed by atoms with Crippen molar-refractivity contribution >= 4 is 17.9 Å². The van der Waals surface area contributed by atoms with E-state index in [1.807, 2.05) is 4.90 Å². The number of aliphatic imine (C=N–C) groups is 2. The Morgan fingerprint density at radius 1 is 1.53 bits per heavy atom. The number of carbonyl (C=O) groups excluding carboxylic acids is 1. The van der Waals surface area contributed by atoms with E-state index in [9.17, 15) is 4.79 Å². The van der Waals surface area contributed by atoms with E-state index in [1.54, 1.807) is 0 Å². The molecule has 0 saturated carbocycles. The molecule has 0 aromatic carbocycles. The number of amides is 1. The molecule has 19 heavy (non-hydrogen) atoms. The second kappa shape index (κ2) is 4.01. The maximum absolute atomic E-state index is 10.8. The Kier molecular flexibility index (Phi) is 2.54. The first-order valence-corrected chi connectivity index (χ1v) is 6.40. The van der Waals surface area contributed by atoms with E-state index in [2.05, 4.69) is 9.98 Å². The highest BCUT2D eigenvalue weighted by atomic mass is 16.5. The quantitative estimate of drug-likeness (QED) is 0.586. The molecule has 0 aromatic rings. The van der Waals surface area contributed by atoms with E-state index >= 15 is 0 Å². The van der Waals surface area contributed by atoms with E-state index < -0.39 is 6.09 Å². The van der Waals surface area contributed by atoms with Gasteiger partial charge in [0.1, 0.15) is 12.3 Å². The van der Waals surface area contributed by atoms with Crippen LogP contribution in [0.1, 0.15) is 19.3 Å².